The minimum absolute atomic E-state index is 0.195. The fourth-order valence-corrected chi connectivity index (χ4v) is 2.44. The van der Waals surface area contributed by atoms with Crippen molar-refractivity contribution in [2.45, 2.75) is 18.9 Å². The Morgan fingerprint density at radius 1 is 1.07 bits per heavy atom. The fourth-order valence-electron chi connectivity index (χ4n) is 2.44. The quantitative estimate of drug-likeness (QED) is 0.741. The highest BCUT2D eigenvalue weighted by Crippen LogP contribution is 2.35. The van der Waals surface area contributed by atoms with Crippen LogP contribution >= 0.6 is 0 Å². The first-order chi connectivity index (χ1) is 7.30. The van der Waals surface area contributed by atoms with Gasteiger partial charge in [-0.25, -0.2) is 0 Å². The van der Waals surface area contributed by atoms with Gasteiger partial charge in [0.05, 0.1) is 0 Å². The molecule has 1 unspecified atom stereocenters. The lowest BCUT2D eigenvalue weighted by molar-refractivity contribution is 0.239. The van der Waals surface area contributed by atoms with Gasteiger partial charge in [0.15, 0.2) is 0 Å². The third-order valence-electron chi connectivity index (χ3n) is 3.52. The summed E-state index contributed by atoms with van der Waals surface area (Å²) in [4.78, 5) is 0. The van der Waals surface area contributed by atoms with E-state index in [1.54, 1.807) is 0 Å². The molecule has 1 fully saturated rings. The van der Waals surface area contributed by atoms with Gasteiger partial charge in [0.1, 0.15) is 0 Å². The molecule has 2 aromatic carbocycles. The Kier molecular flexibility index (Phi) is 1.83. The second kappa shape index (κ2) is 3.07. The zero-order valence-corrected chi connectivity index (χ0v) is 8.96. The number of fused-ring (bicyclic) bond motifs is 1. The number of rotatable bonds is 1. The van der Waals surface area contributed by atoms with Crippen LogP contribution in [0.4, 0.5) is 0 Å². The van der Waals surface area contributed by atoms with Crippen LogP contribution in [0.1, 0.15) is 18.9 Å². The highest BCUT2D eigenvalue weighted by atomic mass is 15.0. The van der Waals surface area contributed by atoms with Crippen LogP contribution in [0.5, 0.6) is 0 Å². The Labute approximate surface area is 90.1 Å². The molecule has 1 N–H and O–H groups in total. The zero-order valence-electron chi connectivity index (χ0n) is 8.96. The van der Waals surface area contributed by atoms with Crippen LogP contribution in [0.2, 0.25) is 0 Å². The summed E-state index contributed by atoms with van der Waals surface area (Å²) < 4.78 is 0. The van der Waals surface area contributed by atoms with Gasteiger partial charge in [0, 0.05) is 5.54 Å². The molecule has 1 atom stereocenters. The van der Waals surface area contributed by atoms with Crippen LogP contribution in [0.25, 0.3) is 10.8 Å². The van der Waals surface area contributed by atoms with Crippen molar-refractivity contribution in [1.29, 1.82) is 0 Å². The smallest absolute Gasteiger partial charge is 0.0424 e. The van der Waals surface area contributed by atoms with E-state index in [2.05, 4.69) is 54.7 Å². The van der Waals surface area contributed by atoms with Crippen molar-refractivity contribution in [3.8, 4) is 0 Å². The topological polar surface area (TPSA) is 12.0 Å². The third-order valence-corrected chi connectivity index (χ3v) is 3.52. The van der Waals surface area contributed by atoms with Gasteiger partial charge in [0.2, 0.25) is 0 Å². The number of hydrogen-bond acceptors (Lipinski definition) is 1. The molecule has 0 bridgehead atoms. The Balaban J connectivity index is 2.26. The van der Waals surface area contributed by atoms with Crippen molar-refractivity contribution in [3.05, 3.63) is 48.0 Å². The molecule has 0 saturated carbocycles. The number of benzene rings is 2. The lowest BCUT2D eigenvalue weighted by Gasteiger charge is -2.41. The van der Waals surface area contributed by atoms with Gasteiger partial charge >= 0.3 is 0 Å². The third kappa shape index (κ3) is 1.27. The van der Waals surface area contributed by atoms with Crippen LogP contribution in [-0.4, -0.2) is 6.54 Å². The summed E-state index contributed by atoms with van der Waals surface area (Å²) >= 11 is 0. The predicted octanol–water partition coefficient (Wildman–Crippen LogP) is 3.05. The van der Waals surface area contributed by atoms with Gasteiger partial charge in [-0.1, -0.05) is 42.5 Å². The molecule has 1 aliphatic heterocycles. The summed E-state index contributed by atoms with van der Waals surface area (Å²) in [6, 6.07) is 15.2. The minimum Gasteiger partial charge on any atom is -0.307 e. The fraction of sp³-hybridized carbons (Fsp3) is 0.286. The Hall–Kier alpha value is -1.34. The molecule has 0 spiro atoms. The summed E-state index contributed by atoms with van der Waals surface area (Å²) in [5, 5.41) is 6.25. The van der Waals surface area contributed by atoms with Gasteiger partial charge in [-0.05, 0) is 36.2 Å². The summed E-state index contributed by atoms with van der Waals surface area (Å²) in [7, 11) is 0. The van der Waals surface area contributed by atoms with Crippen molar-refractivity contribution < 1.29 is 0 Å². The van der Waals surface area contributed by atoms with Crippen molar-refractivity contribution in [1.82, 2.24) is 5.32 Å². The van der Waals surface area contributed by atoms with Crippen molar-refractivity contribution >= 4 is 10.8 Å². The maximum Gasteiger partial charge on any atom is 0.0424 e. The molecule has 76 valence electrons. The molecule has 1 heteroatoms. The Morgan fingerprint density at radius 2 is 1.80 bits per heavy atom. The second-order valence-electron chi connectivity index (χ2n) is 4.54. The highest BCUT2D eigenvalue weighted by molar-refractivity contribution is 5.86. The first kappa shape index (κ1) is 8.93. The maximum absolute atomic E-state index is 3.53. The van der Waals surface area contributed by atoms with E-state index in [4.69, 9.17) is 0 Å². The van der Waals surface area contributed by atoms with E-state index < -0.39 is 0 Å². The molecule has 0 radical (unpaired) electrons. The Morgan fingerprint density at radius 3 is 2.53 bits per heavy atom. The molecule has 1 heterocycles. The first-order valence-corrected chi connectivity index (χ1v) is 5.53. The molecule has 3 rings (SSSR count). The van der Waals surface area contributed by atoms with E-state index in [1.807, 2.05) is 0 Å². The maximum atomic E-state index is 3.53. The standard InChI is InChI=1S/C14H15N/c1-14(9-10-15-14)13-8-4-6-11-5-2-3-7-12(11)13/h2-8,15H,9-10H2,1H3. The van der Waals surface area contributed by atoms with Crippen LogP contribution < -0.4 is 5.32 Å². The average molecular weight is 197 g/mol. The van der Waals surface area contributed by atoms with Gasteiger partial charge in [-0.3, -0.25) is 0 Å². The van der Waals surface area contributed by atoms with Gasteiger partial charge in [0.25, 0.3) is 0 Å². The van der Waals surface area contributed by atoms with E-state index in [1.165, 1.54) is 22.8 Å². The first-order valence-electron chi connectivity index (χ1n) is 5.53. The normalized spacial score (nSPS) is 25.1. The summed E-state index contributed by atoms with van der Waals surface area (Å²) in [5.41, 5.74) is 1.63. The summed E-state index contributed by atoms with van der Waals surface area (Å²) in [6.07, 6.45) is 1.24. The van der Waals surface area contributed by atoms with E-state index in [0.29, 0.717) is 0 Å². The SMILES string of the molecule is CC1(c2cccc3ccccc23)CCN1. The van der Waals surface area contributed by atoms with Crippen molar-refractivity contribution in [2.75, 3.05) is 6.54 Å². The monoisotopic (exact) mass is 197 g/mol. The molecule has 1 saturated heterocycles. The summed E-state index contributed by atoms with van der Waals surface area (Å²) in [5.74, 6) is 0. The van der Waals surface area contributed by atoms with Crippen molar-refractivity contribution in [2.24, 2.45) is 0 Å². The second-order valence-corrected chi connectivity index (χ2v) is 4.54. The lowest BCUT2D eigenvalue weighted by atomic mass is 9.80. The minimum atomic E-state index is 0.195. The van der Waals surface area contributed by atoms with Gasteiger partial charge < -0.3 is 5.32 Å². The van der Waals surface area contributed by atoms with E-state index in [9.17, 15) is 0 Å². The molecular weight excluding hydrogens is 182 g/mol. The number of hydrogen-bond donors (Lipinski definition) is 1. The van der Waals surface area contributed by atoms with Crippen LogP contribution in [-0.2, 0) is 5.54 Å². The molecule has 0 amide bonds. The summed E-state index contributed by atoms with van der Waals surface area (Å²) in [6.45, 7) is 3.43. The molecule has 2 aromatic rings. The highest BCUT2D eigenvalue weighted by Gasteiger charge is 2.33. The molecule has 0 aliphatic carbocycles. The molecular formula is C14H15N. The van der Waals surface area contributed by atoms with Gasteiger partial charge in [-0.2, -0.15) is 0 Å². The van der Waals surface area contributed by atoms with Gasteiger partial charge in [-0.15, -0.1) is 0 Å². The van der Waals surface area contributed by atoms with E-state index in [-0.39, 0.29) is 5.54 Å². The van der Waals surface area contributed by atoms with Crippen molar-refractivity contribution in [3.63, 3.8) is 0 Å². The molecule has 15 heavy (non-hydrogen) atoms. The molecule has 0 aromatic heterocycles. The number of nitrogens with one attached hydrogen (secondary N) is 1. The molecule has 1 nitrogen and oxygen atoms in total. The van der Waals surface area contributed by atoms with E-state index in [0.717, 1.165) is 6.54 Å². The zero-order chi connectivity index (χ0) is 10.3. The molecule has 1 aliphatic rings. The predicted molar refractivity (Wildman–Crippen MR) is 63.9 cm³/mol. The van der Waals surface area contributed by atoms with Crippen LogP contribution in [0.3, 0.4) is 0 Å². The average Bonchev–Trinajstić information content (AvgIpc) is 2.25. The largest absolute Gasteiger partial charge is 0.307 e. The van der Waals surface area contributed by atoms with Crippen LogP contribution in [0.15, 0.2) is 42.5 Å². The van der Waals surface area contributed by atoms with Crippen LogP contribution in [0, 0.1) is 0 Å². The van der Waals surface area contributed by atoms with E-state index >= 15 is 0 Å². The Bertz CT molecular complexity index is 492. The lowest BCUT2D eigenvalue weighted by Crippen LogP contribution is -2.51.